The quantitative estimate of drug-likeness (QED) is 0.641. The highest BCUT2D eigenvalue weighted by Gasteiger charge is 1.99. The van der Waals surface area contributed by atoms with Crippen molar-refractivity contribution in [3.05, 3.63) is 17.5 Å². The highest BCUT2D eigenvalue weighted by Crippen LogP contribution is 2.03. The molecule has 0 saturated carbocycles. The minimum atomic E-state index is 0.509. The summed E-state index contributed by atoms with van der Waals surface area (Å²) >= 11 is 0. The van der Waals surface area contributed by atoms with Gasteiger partial charge in [0.15, 0.2) is 5.76 Å². The Morgan fingerprint density at radius 3 is 2.85 bits per heavy atom. The molecule has 0 aliphatic heterocycles. The van der Waals surface area contributed by atoms with E-state index in [0.717, 1.165) is 18.0 Å². The number of likely N-dealkylation sites (N-methyl/N-ethyl adjacent to an activating group) is 1. The van der Waals surface area contributed by atoms with Gasteiger partial charge in [-0.2, -0.15) is 0 Å². The van der Waals surface area contributed by atoms with Gasteiger partial charge in [0.1, 0.15) is 6.61 Å². The van der Waals surface area contributed by atoms with E-state index in [4.69, 9.17) is 9.26 Å². The van der Waals surface area contributed by atoms with Gasteiger partial charge in [0.2, 0.25) is 0 Å². The summed E-state index contributed by atoms with van der Waals surface area (Å²) in [4.78, 5) is 2.08. The summed E-state index contributed by atoms with van der Waals surface area (Å²) in [5, 5.41) is 3.77. The summed E-state index contributed by atoms with van der Waals surface area (Å²) in [6.45, 7) is 4.04. The van der Waals surface area contributed by atoms with Crippen molar-refractivity contribution in [3.8, 4) is 0 Å². The van der Waals surface area contributed by atoms with Crippen molar-refractivity contribution in [2.24, 2.45) is 0 Å². The number of rotatable bonds is 5. The molecule has 0 radical (unpaired) electrons. The average Bonchev–Trinajstić information content (AvgIpc) is 2.45. The molecule has 0 aliphatic carbocycles. The third kappa shape index (κ3) is 4.05. The zero-order valence-electron chi connectivity index (χ0n) is 8.41. The van der Waals surface area contributed by atoms with Crippen LogP contribution in [0.2, 0.25) is 0 Å². The number of hydrogen-bond acceptors (Lipinski definition) is 4. The van der Waals surface area contributed by atoms with Crippen LogP contribution < -0.4 is 0 Å². The predicted octanol–water partition coefficient (Wildman–Crippen LogP) is 1.06. The summed E-state index contributed by atoms with van der Waals surface area (Å²) in [7, 11) is 4.03. The van der Waals surface area contributed by atoms with Crippen LogP contribution >= 0.6 is 0 Å². The lowest BCUT2D eigenvalue weighted by molar-refractivity contribution is 0.0885. The van der Waals surface area contributed by atoms with Gasteiger partial charge in [0.05, 0.1) is 12.3 Å². The highest BCUT2D eigenvalue weighted by atomic mass is 16.5. The van der Waals surface area contributed by atoms with Crippen molar-refractivity contribution in [3.63, 3.8) is 0 Å². The molecule has 1 heterocycles. The fourth-order valence-electron chi connectivity index (χ4n) is 0.904. The molecule has 1 aromatic rings. The van der Waals surface area contributed by atoms with Crippen LogP contribution in [0.3, 0.4) is 0 Å². The molecule has 0 atom stereocenters. The van der Waals surface area contributed by atoms with Crippen molar-refractivity contribution in [1.82, 2.24) is 10.1 Å². The van der Waals surface area contributed by atoms with Gasteiger partial charge in [-0.25, -0.2) is 0 Å². The largest absolute Gasteiger partial charge is 0.372 e. The molecule has 0 aromatic carbocycles. The van der Waals surface area contributed by atoms with E-state index in [0.29, 0.717) is 13.2 Å². The third-order valence-corrected chi connectivity index (χ3v) is 1.60. The topological polar surface area (TPSA) is 38.5 Å². The summed E-state index contributed by atoms with van der Waals surface area (Å²) < 4.78 is 10.4. The van der Waals surface area contributed by atoms with Gasteiger partial charge >= 0.3 is 0 Å². The molecule has 1 rings (SSSR count). The van der Waals surface area contributed by atoms with E-state index in [1.54, 1.807) is 0 Å². The summed E-state index contributed by atoms with van der Waals surface area (Å²) in [5.41, 5.74) is 0.895. The van der Waals surface area contributed by atoms with E-state index in [-0.39, 0.29) is 0 Å². The van der Waals surface area contributed by atoms with E-state index >= 15 is 0 Å². The normalized spacial score (nSPS) is 11.1. The Hall–Kier alpha value is -0.870. The van der Waals surface area contributed by atoms with E-state index in [1.165, 1.54) is 0 Å². The van der Waals surface area contributed by atoms with E-state index in [9.17, 15) is 0 Å². The molecule has 1 aromatic heterocycles. The van der Waals surface area contributed by atoms with E-state index < -0.39 is 0 Å². The Kier molecular flexibility index (Phi) is 3.92. The SMILES string of the molecule is Cc1cc(COCCN(C)C)on1. The molecule has 13 heavy (non-hydrogen) atoms. The van der Waals surface area contributed by atoms with Crippen LogP contribution in [0, 0.1) is 6.92 Å². The Morgan fingerprint density at radius 2 is 2.31 bits per heavy atom. The van der Waals surface area contributed by atoms with Gasteiger partial charge in [-0.05, 0) is 21.0 Å². The molecule has 0 aliphatic rings. The number of aryl methyl sites for hydroxylation is 1. The number of ether oxygens (including phenoxy) is 1. The molecular weight excluding hydrogens is 168 g/mol. The second kappa shape index (κ2) is 4.99. The zero-order chi connectivity index (χ0) is 9.68. The second-order valence-corrected chi connectivity index (χ2v) is 3.29. The van der Waals surface area contributed by atoms with Gasteiger partial charge in [-0.3, -0.25) is 0 Å². The monoisotopic (exact) mass is 184 g/mol. The Labute approximate surface area is 78.5 Å². The van der Waals surface area contributed by atoms with Gasteiger partial charge in [0, 0.05) is 12.6 Å². The third-order valence-electron chi connectivity index (χ3n) is 1.60. The maximum atomic E-state index is 5.37. The minimum Gasteiger partial charge on any atom is -0.372 e. The molecule has 0 saturated heterocycles. The van der Waals surface area contributed by atoms with Crippen LogP contribution in [0.15, 0.2) is 10.6 Å². The second-order valence-electron chi connectivity index (χ2n) is 3.29. The summed E-state index contributed by atoms with van der Waals surface area (Å²) in [5.74, 6) is 0.788. The molecule has 4 nitrogen and oxygen atoms in total. The number of aromatic nitrogens is 1. The van der Waals surface area contributed by atoms with Crippen molar-refractivity contribution >= 4 is 0 Å². The fraction of sp³-hybridized carbons (Fsp3) is 0.667. The Balaban J connectivity index is 2.13. The van der Waals surface area contributed by atoms with Crippen LogP contribution in [0.5, 0.6) is 0 Å². The average molecular weight is 184 g/mol. The van der Waals surface area contributed by atoms with Crippen molar-refractivity contribution in [1.29, 1.82) is 0 Å². The number of hydrogen-bond donors (Lipinski definition) is 0. The van der Waals surface area contributed by atoms with Gasteiger partial charge < -0.3 is 14.2 Å². The molecule has 0 fully saturated rings. The molecule has 4 heteroatoms. The molecule has 0 spiro atoms. The van der Waals surface area contributed by atoms with Crippen LogP contribution in [0.1, 0.15) is 11.5 Å². The first-order chi connectivity index (χ1) is 6.18. The maximum absolute atomic E-state index is 5.37. The Bertz CT molecular complexity index is 246. The number of nitrogens with zero attached hydrogens (tertiary/aromatic N) is 2. The van der Waals surface area contributed by atoms with E-state index in [2.05, 4.69) is 10.1 Å². The Morgan fingerprint density at radius 1 is 1.54 bits per heavy atom. The van der Waals surface area contributed by atoms with E-state index in [1.807, 2.05) is 27.1 Å². The van der Waals surface area contributed by atoms with Gasteiger partial charge in [-0.1, -0.05) is 5.16 Å². The van der Waals surface area contributed by atoms with Crippen molar-refractivity contribution < 1.29 is 9.26 Å². The minimum absolute atomic E-state index is 0.509. The predicted molar refractivity (Wildman–Crippen MR) is 49.5 cm³/mol. The van der Waals surface area contributed by atoms with Crippen molar-refractivity contribution in [2.75, 3.05) is 27.2 Å². The van der Waals surface area contributed by atoms with Crippen LogP contribution in [0.4, 0.5) is 0 Å². The van der Waals surface area contributed by atoms with Crippen LogP contribution in [-0.2, 0) is 11.3 Å². The first-order valence-electron chi connectivity index (χ1n) is 4.33. The molecule has 0 N–H and O–H groups in total. The summed E-state index contributed by atoms with van der Waals surface area (Å²) in [6.07, 6.45) is 0. The lowest BCUT2D eigenvalue weighted by Gasteiger charge is -2.08. The standard InChI is InChI=1S/C9H16N2O2/c1-8-6-9(13-10-8)7-12-5-4-11(2)3/h6H,4-5,7H2,1-3H3. The summed E-state index contributed by atoms with van der Waals surface area (Å²) in [6, 6.07) is 1.88. The van der Waals surface area contributed by atoms with Gasteiger partial charge in [0.25, 0.3) is 0 Å². The first-order valence-corrected chi connectivity index (χ1v) is 4.33. The molecule has 0 amide bonds. The smallest absolute Gasteiger partial charge is 0.162 e. The van der Waals surface area contributed by atoms with Crippen LogP contribution in [0.25, 0.3) is 0 Å². The molecule has 0 unspecified atom stereocenters. The molecule has 74 valence electrons. The first kappa shape index (κ1) is 10.2. The zero-order valence-corrected chi connectivity index (χ0v) is 8.41. The highest BCUT2D eigenvalue weighted by molar-refractivity contribution is 5.01. The van der Waals surface area contributed by atoms with Crippen molar-refractivity contribution in [2.45, 2.75) is 13.5 Å². The van der Waals surface area contributed by atoms with Gasteiger partial charge in [-0.15, -0.1) is 0 Å². The molecule has 0 bridgehead atoms. The maximum Gasteiger partial charge on any atom is 0.162 e. The van der Waals surface area contributed by atoms with Crippen LogP contribution in [-0.4, -0.2) is 37.3 Å². The lowest BCUT2D eigenvalue weighted by atomic mass is 10.4. The molecular formula is C9H16N2O2. The lowest BCUT2D eigenvalue weighted by Crippen LogP contribution is -2.17. The fourth-order valence-corrected chi connectivity index (χ4v) is 0.904.